The molecule has 1 heterocycles. The third kappa shape index (κ3) is 5.24. The van der Waals surface area contributed by atoms with E-state index in [2.05, 4.69) is 10.3 Å². The van der Waals surface area contributed by atoms with E-state index in [1.807, 2.05) is 0 Å². The molecule has 0 aliphatic carbocycles. The molecule has 0 radical (unpaired) electrons. The molecule has 1 atom stereocenters. The number of hydrogen-bond donors (Lipinski definition) is 4. The Bertz CT molecular complexity index is 512. The summed E-state index contributed by atoms with van der Waals surface area (Å²) < 4.78 is 40.9. The normalized spacial score (nSPS) is 14.3. The smallest absolute Gasteiger partial charge is 0.348 e. The lowest BCUT2D eigenvalue weighted by molar-refractivity contribution is 0.363. The van der Waals surface area contributed by atoms with Gasteiger partial charge in [0, 0.05) is 6.20 Å². The first kappa shape index (κ1) is 14.1. The maximum Gasteiger partial charge on any atom is 0.348 e. The van der Waals surface area contributed by atoms with E-state index in [1.165, 1.54) is 12.3 Å². The molecular formula is C7H11N2O6PS. The van der Waals surface area contributed by atoms with E-state index in [4.69, 9.17) is 14.3 Å². The molecular weight excluding hydrogens is 271 g/mol. The summed E-state index contributed by atoms with van der Waals surface area (Å²) >= 11 is 0. The van der Waals surface area contributed by atoms with Crippen LogP contribution >= 0.6 is 7.60 Å². The maximum absolute atomic E-state index is 11.0. The zero-order valence-corrected chi connectivity index (χ0v) is 10.2. The van der Waals surface area contributed by atoms with Crippen LogP contribution in [0.2, 0.25) is 0 Å². The van der Waals surface area contributed by atoms with E-state index in [0.717, 1.165) is 0 Å². The Kier molecular flexibility index (Phi) is 4.23. The molecule has 0 saturated heterocycles. The summed E-state index contributed by atoms with van der Waals surface area (Å²) in [5.41, 5.74) is 0. The number of rotatable bonds is 5. The maximum atomic E-state index is 11.0. The molecule has 0 amide bonds. The Morgan fingerprint density at radius 3 is 2.47 bits per heavy atom. The molecule has 10 heteroatoms. The van der Waals surface area contributed by atoms with E-state index >= 15 is 0 Å². The second-order valence-corrected chi connectivity index (χ2v) is 6.51. The van der Waals surface area contributed by atoms with Crippen molar-refractivity contribution < 1.29 is 27.3 Å². The quantitative estimate of drug-likeness (QED) is 0.433. The molecule has 0 fully saturated rings. The number of aromatic nitrogens is 1. The molecule has 8 nitrogen and oxygen atoms in total. The standard InChI is InChI=1S/C7H11N2O6PS/c10-16(11,12)7(5-17(13,14)15)9-6-3-1-2-4-8-6/h1-4,7H,5H2,(H,8,9)(H2,10,11,12)(H,13,14,15). The van der Waals surface area contributed by atoms with Crippen LogP contribution in [-0.2, 0) is 14.7 Å². The summed E-state index contributed by atoms with van der Waals surface area (Å²) in [5.74, 6) is -2.75. The zero-order chi connectivity index (χ0) is 13.1. The van der Waals surface area contributed by atoms with Crippen LogP contribution in [0.4, 0.5) is 5.82 Å². The van der Waals surface area contributed by atoms with Gasteiger partial charge < -0.3 is 15.1 Å². The fraction of sp³-hybridized carbons (Fsp3) is 0.286. The van der Waals surface area contributed by atoms with Gasteiger partial charge in [-0.25, -0.2) is 4.98 Å². The van der Waals surface area contributed by atoms with Crippen molar-refractivity contribution >= 4 is 23.5 Å². The van der Waals surface area contributed by atoms with Crippen LogP contribution in [0.5, 0.6) is 0 Å². The van der Waals surface area contributed by atoms with Crippen molar-refractivity contribution in [2.75, 3.05) is 11.1 Å². The highest BCUT2D eigenvalue weighted by molar-refractivity contribution is 7.86. The second kappa shape index (κ2) is 5.11. The monoisotopic (exact) mass is 282 g/mol. The van der Waals surface area contributed by atoms with Crippen molar-refractivity contribution in [1.29, 1.82) is 0 Å². The van der Waals surface area contributed by atoms with E-state index < -0.39 is 29.2 Å². The van der Waals surface area contributed by atoms with Crippen LogP contribution in [-0.4, -0.2) is 39.3 Å². The zero-order valence-electron chi connectivity index (χ0n) is 8.46. The molecule has 0 spiro atoms. The molecule has 0 aliphatic rings. The van der Waals surface area contributed by atoms with Gasteiger partial charge in [0.1, 0.15) is 17.4 Å². The van der Waals surface area contributed by atoms with Crippen LogP contribution < -0.4 is 5.32 Å². The minimum atomic E-state index is -4.73. The SMILES string of the molecule is O=P(O)(O)C(CS(=O)(=O)O)Nc1ccccn1. The Labute approximate surface area is 97.6 Å². The number of nitrogens with zero attached hydrogens (tertiary/aromatic N) is 1. The van der Waals surface area contributed by atoms with E-state index in [1.54, 1.807) is 12.1 Å². The van der Waals surface area contributed by atoms with E-state index in [0.29, 0.717) is 0 Å². The number of anilines is 1. The van der Waals surface area contributed by atoms with Crippen LogP contribution in [0.25, 0.3) is 0 Å². The molecule has 0 saturated carbocycles. The molecule has 17 heavy (non-hydrogen) atoms. The highest BCUT2D eigenvalue weighted by Crippen LogP contribution is 2.41. The lowest BCUT2D eigenvalue weighted by atomic mass is 10.4. The first-order chi connectivity index (χ1) is 7.68. The van der Waals surface area contributed by atoms with E-state index in [9.17, 15) is 13.0 Å². The average molecular weight is 282 g/mol. The van der Waals surface area contributed by atoms with Gasteiger partial charge in [-0.1, -0.05) is 6.07 Å². The van der Waals surface area contributed by atoms with Gasteiger partial charge in [-0.05, 0) is 12.1 Å². The lowest BCUT2D eigenvalue weighted by Crippen LogP contribution is -2.28. The Morgan fingerprint density at radius 2 is 2.06 bits per heavy atom. The fourth-order valence-electron chi connectivity index (χ4n) is 1.04. The molecule has 1 unspecified atom stereocenters. The average Bonchev–Trinajstić information content (AvgIpc) is 2.15. The largest absolute Gasteiger partial charge is 0.355 e. The van der Waals surface area contributed by atoms with Gasteiger partial charge in [0.25, 0.3) is 10.1 Å². The topological polar surface area (TPSA) is 137 Å². The molecule has 0 aromatic carbocycles. The van der Waals surface area contributed by atoms with Gasteiger partial charge in [0.05, 0.1) is 0 Å². The molecule has 0 bridgehead atoms. The molecule has 1 aromatic heterocycles. The third-order valence-corrected chi connectivity index (χ3v) is 3.88. The van der Waals surface area contributed by atoms with Crippen molar-refractivity contribution in [2.45, 2.75) is 5.78 Å². The van der Waals surface area contributed by atoms with Gasteiger partial charge in [-0.15, -0.1) is 0 Å². The fourth-order valence-corrected chi connectivity index (χ4v) is 3.17. The predicted octanol–water partition coefficient (Wildman–Crippen LogP) is -0.115. The summed E-state index contributed by atoms with van der Waals surface area (Å²) in [4.78, 5) is 21.6. The van der Waals surface area contributed by atoms with Crippen molar-refractivity contribution in [2.24, 2.45) is 0 Å². The van der Waals surface area contributed by atoms with Crippen molar-refractivity contribution in [1.82, 2.24) is 4.98 Å². The van der Waals surface area contributed by atoms with Gasteiger partial charge in [0.2, 0.25) is 0 Å². The molecule has 96 valence electrons. The first-order valence-corrected chi connectivity index (χ1v) is 7.65. The summed E-state index contributed by atoms with van der Waals surface area (Å²) in [6, 6.07) is 4.55. The molecule has 1 rings (SSSR count). The summed E-state index contributed by atoms with van der Waals surface area (Å²) in [6.45, 7) is 0. The minimum Gasteiger partial charge on any atom is -0.355 e. The van der Waals surface area contributed by atoms with Crippen molar-refractivity contribution in [3.8, 4) is 0 Å². The number of pyridine rings is 1. The number of nitrogens with one attached hydrogen (secondary N) is 1. The van der Waals surface area contributed by atoms with Gasteiger partial charge in [0.15, 0.2) is 0 Å². The van der Waals surface area contributed by atoms with Gasteiger partial charge >= 0.3 is 7.60 Å². The third-order valence-electron chi connectivity index (χ3n) is 1.75. The lowest BCUT2D eigenvalue weighted by Gasteiger charge is -2.18. The summed E-state index contributed by atoms with van der Waals surface area (Å²) in [7, 11) is -9.24. The van der Waals surface area contributed by atoms with Crippen molar-refractivity contribution in [3.63, 3.8) is 0 Å². The Hall–Kier alpha value is -0.990. The highest BCUT2D eigenvalue weighted by atomic mass is 32.2. The van der Waals surface area contributed by atoms with Crippen molar-refractivity contribution in [3.05, 3.63) is 24.4 Å². The Balaban J connectivity index is 2.90. The van der Waals surface area contributed by atoms with Crippen LogP contribution in [0.3, 0.4) is 0 Å². The molecule has 4 N–H and O–H groups in total. The van der Waals surface area contributed by atoms with E-state index in [-0.39, 0.29) is 5.82 Å². The Morgan fingerprint density at radius 1 is 1.41 bits per heavy atom. The van der Waals surface area contributed by atoms with Gasteiger partial charge in [-0.3, -0.25) is 9.12 Å². The first-order valence-electron chi connectivity index (χ1n) is 4.36. The molecule has 0 aliphatic heterocycles. The second-order valence-electron chi connectivity index (χ2n) is 3.21. The van der Waals surface area contributed by atoms with Crippen LogP contribution in [0.1, 0.15) is 0 Å². The highest BCUT2D eigenvalue weighted by Gasteiger charge is 2.33. The predicted molar refractivity (Wildman–Crippen MR) is 60.1 cm³/mol. The van der Waals surface area contributed by atoms with Crippen LogP contribution in [0, 0.1) is 0 Å². The summed E-state index contributed by atoms with van der Waals surface area (Å²) in [6.07, 6.45) is 1.37. The number of hydrogen-bond acceptors (Lipinski definition) is 5. The van der Waals surface area contributed by atoms with Gasteiger partial charge in [-0.2, -0.15) is 8.42 Å². The van der Waals surface area contributed by atoms with Crippen LogP contribution in [0.15, 0.2) is 24.4 Å². The summed E-state index contributed by atoms with van der Waals surface area (Å²) in [5, 5.41) is 2.26. The minimum absolute atomic E-state index is 0.101. The molecule has 1 aromatic rings.